The van der Waals surface area contributed by atoms with Crippen LogP contribution in [0.2, 0.25) is 0 Å². The SMILES string of the molecule is O=C1C2CCC(C3CCC2N(CCO)C3=O)N1CCO. The lowest BCUT2D eigenvalue weighted by Gasteiger charge is -2.54. The number of carbonyl (C=O) groups is 2. The van der Waals surface area contributed by atoms with E-state index >= 15 is 0 Å². The second-order valence-electron chi connectivity index (χ2n) is 6.01. The molecule has 4 unspecified atom stereocenters. The highest BCUT2D eigenvalue weighted by Crippen LogP contribution is 2.42. The van der Waals surface area contributed by atoms with Crippen molar-refractivity contribution in [2.75, 3.05) is 26.3 Å². The van der Waals surface area contributed by atoms with Gasteiger partial charge in [-0.05, 0) is 25.7 Å². The molecule has 6 rings (SSSR count). The minimum Gasteiger partial charge on any atom is -0.395 e. The van der Waals surface area contributed by atoms with E-state index in [0.717, 1.165) is 25.7 Å². The summed E-state index contributed by atoms with van der Waals surface area (Å²) < 4.78 is 0. The average molecular weight is 282 g/mol. The first-order chi connectivity index (χ1) is 9.69. The molecule has 4 atom stereocenters. The van der Waals surface area contributed by atoms with Gasteiger partial charge in [-0.3, -0.25) is 9.59 Å². The van der Waals surface area contributed by atoms with Crippen molar-refractivity contribution < 1.29 is 19.8 Å². The number of hydrogen-bond acceptors (Lipinski definition) is 4. The zero-order valence-corrected chi connectivity index (χ0v) is 11.6. The van der Waals surface area contributed by atoms with Crippen molar-refractivity contribution in [3.05, 3.63) is 0 Å². The third-order valence-electron chi connectivity index (χ3n) is 5.16. The number of hydrogen-bond donors (Lipinski definition) is 2. The van der Waals surface area contributed by atoms with E-state index in [4.69, 9.17) is 0 Å². The van der Waals surface area contributed by atoms with E-state index in [1.54, 1.807) is 9.80 Å². The summed E-state index contributed by atoms with van der Waals surface area (Å²) in [5, 5.41) is 18.4. The van der Waals surface area contributed by atoms with E-state index < -0.39 is 0 Å². The normalized spacial score (nSPS) is 36.5. The van der Waals surface area contributed by atoms with Gasteiger partial charge in [0.25, 0.3) is 0 Å². The van der Waals surface area contributed by atoms with Crippen LogP contribution in [0.1, 0.15) is 25.7 Å². The zero-order chi connectivity index (χ0) is 14.3. The number of aliphatic hydroxyl groups is 2. The van der Waals surface area contributed by atoms with Crippen LogP contribution in [-0.4, -0.2) is 70.2 Å². The molecule has 5 heterocycles. The molecule has 6 fully saturated rings. The predicted molar refractivity (Wildman–Crippen MR) is 70.6 cm³/mol. The minimum absolute atomic E-state index is 0.0547. The van der Waals surface area contributed by atoms with Gasteiger partial charge in [-0.1, -0.05) is 0 Å². The summed E-state index contributed by atoms with van der Waals surface area (Å²) in [6.07, 6.45) is 3.36. The van der Waals surface area contributed by atoms with Gasteiger partial charge in [0.1, 0.15) is 0 Å². The van der Waals surface area contributed by atoms with E-state index in [0.29, 0.717) is 13.1 Å². The van der Waals surface area contributed by atoms with Crippen LogP contribution >= 0.6 is 0 Å². The van der Waals surface area contributed by atoms with Crippen LogP contribution in [0.25, 0.3) is 0 Å². The van der Waals surface area contributed by atoms with E-state index in [1.807, 2.05) is 0 Å². The van der Waals surface area contributed by atoms with Gasteiger partial charge < -0.3 is 20.0 Å². The van der Waals surface area contributed by atoms with Crippen LogP contribution in [0.15, 0.2) is 0 Å². The fourth-order valence-electron chi connectivity index (χ4n) is 4.33. The van der Waals surface area contributed by atoms with Crippen molar-refractivity contribution in [2.45, 2.75) is 37.8 Å². The number of piperidine rings is 2. The summed E-state index contributed by atoms with van der Waals surface area (Å²) in [6, 6.07) is -0.137. The van der Waals surface area contributed by atoms with Crippen LogP contribution in [0.4, 0.5) is 0 Å². The van der Waals surface area contributed by atoms with Crippen LogP contribution in [0.5, 0.6) is 0 Å². The molecule has 5 aliphatic heterocycles. The molecular formula is C14H22N2O4. The Hall–Kier alpha value is -1.14. The maximum absolute atomic E-state index is 12.6. The molecule has 112 valence electrons. The molecule has 0 spiro atoms. The maximum Gasteiger partial charge on any atom is 0.228 e. The molecular weight excluding hydrogens is 260 g/mol. The maximum atomic E-state index is 12.6. The summed E-state index contributed by atoms with van der Waals surface area (Å²) in [6.45, 7) is 0.550. The summed E-state index contributed by atoms with van der Waals surface area (Å²) in [7, 11) is 0. The van der Waals surface area contributed by atoms with Gasteiger partial charge in [-0.15, -0.1) is 0 Å². The largest absolute Gasteiger partial charge is 0.395 e. The van der Waals surface area contributed by atoms with Gasteiger partial charge >= 0.3 is 0 Å². The molecule has 2 amide bonds. The monoisotopic (exact) mass is 282 g/mol. The van der Waals surface area contributed by atoms with Crippen LogP contribution < -0.4 is 0 Å². The molecule has 6 nitrogen and oxygen atoms in total. The van der Waals surface area contributed by atoms with E-state index in [2.05, 4.69) is 0 Å². The number of rotatable bonds is 4. The standard InChI is InChI=1S/C14H22N2O4/c17-7-5-15-11-3-1-9(13(15)19)12-4-2-10(11)14(20)16(12)6-8-18/h9-12,17-18H,1-8H2. The highest BCUT2D eigenvalue weighted by molar-refractivity contribution is 5.88. The topological polar surface area (TPSA) is 81.1 Å². The smallest absolute Gasteiger partial charge is 0.228 e. The van der Waals surface area contributed by atoms with Gasteiger partial charge in [0.05, 0.1) is 25.0 Å². The molecule has 2 N–H and O–H groups in total. The summed E-state index contributed by atoms with van der Waals surface area (Å²) in [5.41, 5.74) is 0. The number of amides is 2. The molecule has 5 saturated heterocycles. The summed E-state index contributed by atoms with van der Waals surface area (Å²) in [4.78, 5) is 28.7. The second-order valence-corrected chi connectivity index (χ2v) is 6.01. The van der Waals surface area contributed by atoms with Crippen molar-refractivity contribution >= 4 is 11.8 Å². The lowest BCUT2D eigenvalue weighted by Crippen LogP contribution is -2.66. The molecule has 6 aliphatic rings. The zero-order valence-electron chi connectivity index (χ0n) is 11.6. The number of carbonyl (C=O) groups excluding carboxylic acids is 2. The van der Waals surface area contributed by atoms with Crippen LogP contribution in [0, 0.1) is 11.8 Å². The van der Waals surface area contributed by atoms with Crippen molar-refractivity contribution in [2.24, 2.45) is 11.8 Å². The number of aliphatic hydroxyl groups excluding tert-OH is 2. The molecule has 6 heteroatoms. The second kappa shape index (κ2) is 5.33. The third kappa shape index (κ3) is 1.93. The summed E-state index contributed by atoms with van der Waals surface area (Å²) in [5.74, 6) is -0.148. The van der Waals surface area contributed by atoms with Crippen molar-refractivity contribution in [3.8, 4) is 0 Å². The third-order valence-corrected chi connectivity index (χ3v) is 5.16. The first kappa shape index (κ1) is 13.8. The molecule has 20 heavy (non-hydrogen) atoms. The van der Waals surface area contributed by atoms with Crippen molar-refractivity contribution in [1.82, 2.24) is 9.80 Å². The van der Waals surface area contributed by atoms with Crippen LogP contribution in [0.3, 0.4) is 0 Å². The Kier molecular flexibility index (Phi) is 3.69. The van der Waals surface area contributed by atoms with E-state index in [9.17, 15) is 19.8 Å². The highest BCUT2D eigenvalue weighted by Gasteiger charge is 2.53. The average Bonchev–Trinajstić information content (AvgIpc) is 2.41. The predicted octanol–water partition coefficient (Wildman–Crippen LogP) is -0.801. The molecule has 0 radical (unpaired) electrons. The molecule has 0 aromatic carbocycles. The quantitative estimate of drug-likeness (QED) is 0.707. The van der Waals surface area contributed by atoms with Gasteiger partial charge in [0, 0.05) is 25.2 Å². The van der Waals surface area contributed by atoms with Gasteiger partial charge in [-0.25, -0.2) is 0 Å². The lowest BCUT2D eigenvalue weighted by atomic mass is 9.70. The number of nitrogens with zero attached hydrogens (tertiary/aromatic N) is 2. The van der Waals surface area contributed by atoms with E-state index in [-0.39, 0.29) is 48.9 Å². The Labute approximate surface area is 118 Å². The Morgan fingerprint density at radius 2 is 1.20 bits per heavy atom. The Morgan fingerprint density at radius 3 is 1.55 bits per heavy atom. The fraction of sp³-hybridized carbons (Fsp3) is 0.857. The Bertz CT molecular complexity index is 376. The Morgan fingerprint density at radius 1 is 0.800 bits per heavy atom. The fourth-order valence-corrected chi connectivity index (χ4v) is 4.33. The molecule has 4 bridgehead atoms. The van der Waals surface area contributed by atoms with Crippen molar-refractivity contribution in [1.29, 1.82) is 0 Å². The van der Waals surface area contributed by atoms with Crippen LogP contribution in [-0.2, 0) is 9.59 Å². The summed E-state index contributed by atoms with van der Waals surface area (Å²) >= 11 is 0. The lowest BCUT2D eigenvalue weighted by molar-refractivity contribution is -0.167. The molecule has 1 saturated carbocycles. The van der Waals surface area contributed by atoms with E-state index in [1.165, 1.54) is 0 Å². The van der Waals surface area contributed by atoms with Crippen molar-refractivity contribution in [3.63, 3.8) is 0 Å². The molecule has 1 aliphatic carbocycles. The highest BCUT2D eigenvalue weighted by atomic mass is 16.3. The molecule has 0 aromatic rings. The first-order valence-electron chi connectivity index (χ1n) is 7.51. The van der Waals surface area contributed by atoms with Gasteiger partial charge in [0.2, 0.25) is 11.8 Å². The van der Waals surface area contributed by atoms with Gasteiger partial charge in [0.15, 0.2) is 0 Å². The Balaban J connectivity index is 1.95. The van der Waals surface area contributed by atoms with Gasteiger partial charge in [-0.2, -0.15) is 0 Å². The molecule has 0 aromatic heterocycles. The minimum atomic E-state index is -0.158. The first-order valence-corrected chi connectivity index (χ1v) is 7.51.